The first kappa shape index (κ1) is 13.8. The van der Waals surface area contributed by atoms with Crippen LogP contribution in [0.2, 0.25) is 0 Å². The van der Waals surface area contributed by atoms with Crippen LogP contribution in [-0.4, -0.2) is 28.7 Å². The summed E-state index contributed by atoms with van der Waals surface area (Å²) in [5, 5.41) is 13.3. The molecule has 0 aromatic carbocycles. The normalized spacial score (nSPS) is 34.7. The Labute approximate surface area is 109 Å². The highest BCUT2D eigenvalue weighted by Crippen LogP contribution is 2.33. The molecular formula is C14H26N2O2. The lowest BCUT2D eigenvalue weighted by Gasteiger charge is -2.38. The molecule has 4 heteroatoms. The maximum absolute atomic E-state index is 11.8. The van der Waals surface area contributed by atoms with Crippen molar-refractivity contribution in [2.45, 2.75) is 69.4 Å². The average molecular weight is 254 g/mol. The highest BCUT2D eigenvalue weighted by Gasteiger charge is 2.36. The molecule has 2 unspecified atom stereocenters. The molecule has 4 N–H and O–H groups in total. The summed E-state index contributed by atoms with van der Waals surface area (Å²) in [7, 11) is 0. The number of carbonyl (C=O) groups is 1. The van der Waals surface area contributed by atoms with Crippen molar-refractivity contribution < 1.29 is 9.90 Å². The second kappa shape index (κ2) is 5.17. The lowest BCUT2D eigenvalue weighted by molar-refractivity contribution is -0.124. The van der Waals surface area contributed by atoms with Gasteiger partial charge in [-0.3, -0.25) is 4.79 Å². The fourth-order valence-electron chi connectivity index (χ4n) is 3.25. The van der Waals surface area contributed by atoms with Gasteiger partial charge in [-0.2, -0.15) is 0 Å². The monoisotopic (exact) mass is 254 g/mol. The van der Waals surface area contributed by atoms with Gasteiger partial charge < -0.3 is 16.2 Å². The zero-order chi connectivity index (χ0) is 13.2. The number of hydrogen-bond acceptors (Lipinski definition) is 3. The van der Waals surface area contributed by atoms with Crippen LogP contribution in [0, 0.1) is 5.92 Å². The fourth-order valence-corrected chi connectivity index (χ4v) is 3.25. The van der Waals surface area contributed by atoms with E-state index in [1.165, 1.54) is 6.42 Å². The topological polar surface area (TPSA) is 75.3 Å². The molecule has 0 saturated heterocycles. The van der Waals surface area contributed by atoms with Gasteiger partial charge in [0, 0.05) is 18.5 Å². The number of aliphatic hydroxyl groups is 1. The van der Waals surface area contributed by atoms with Crippen LogP contribution in [0.1, 0.15) is 58.3 Å². The SMILES string of the molecule is CC1CCCC(O)(CNC(=O)CC2(N)CCC2)C1. The van der Waals surface area contributed by atoms with E-state index in [4.69, 9.17) is 5.73 Å². The summed E-state index contributed by atoms with van der Waals surface area (Å²) in [5.74, 6) is 0.539. The van der Waals surface area contributed by atoms with Crippen LogP contribution < -0.4 is 11.1 Å². The van der Waals surface area contributed by atoms with Crippen molar-refractivity contribution >= 4 is 5.91 Å². The van der Waals surface area contributed by atoms with Crippen molar-refractivity contribution in [1.82, 2.24) is 5.32 Å². The summed E-state index contributed by atoms with van der Waals surface area (Å²) in [6, 6.07) is 0. The smallest absolute Gasteiger partial charge is 0.221 e. The Kier molecular flexibility index (Phi) is 3.97. The minimum atomic E-state index is -0.700. The molecule has 2 aliphatic carbocycles. The van der Waals surface area contributed by atoms with Crippen molar-refractivity contribution in [3.8, 4) is 0 Å². The molecule has 0 heterocycles. The second-order valence-electron chi connectivity index (χ2n) is 6.60. The number of carbonyl (C=O) groups excluding carboxylic acids is 1. The third kappa shape index (κ3) is 3.45. The average Bonchev–Trinajstić information content (AvgIpc) is 2.24. The zero-order valence-electron chi connectivity index (χ0n) is 11.4. The van der Waals surface area contributed by atoms with Crippen LogP contribution >= 0.6 is 0 Å². The maximum Gasteiger partial charge on any atom is 0.221 e. The van der Waals surface area contributed by atoms with Crippen LogP contribution in [0.4, 0.5) is 0 Å². The number of nitrogens with two attached hydrogens (primary N) is 1. The molecule has 0 aliphatic heterocycles. The summed E-state index contributed by atoms with van der Waals surface area (Å²) in [5.41, 5.74) is 5.07. The minimum Gasteiger partial charge on any atom is -0.388 e. The van der Waals surface area contributed by atoms with Crippen LogP contribution in [-0.2, 0) is 4.79 Å². The highest BCUT2D eigenvalue weighted by molar-refractivity contribution is 5.77. The van der Waals surface area contributed by atoms with Crippen LogP contribution in [0.3, 0.4) is 0 Å². The minimum absolute atomic E-state index is 0.0103. The molecule has 2 saturated carbocycles. The molecule has 2 fully saturated rings. The number of hydrogen-bond donors (Lipinski definition) is 3. The summed E-state index contributed by atoms with van der Waals surface area (Å²) >= 11 is 0. The standard InChI is InChI=1S/C14H26N2O2/c1-11-4-2-7-14(18,8-11)10-16-12(17)9-13(15)5-3-6-13/h11,18H,2-10,15H2,1H3,(H,16,17). The van der Waals surface area contributed by atoms with Gasteiger partial charge in [0.15, 0.2) is 0 Å². The van der Waals surface area contributed by atoms with Crippen molar-refractivity contribution in [2.24, 2.45) is 11.7 Å². The van der Waals surface area contributed by atoms with Crippen molar-refractivity contribution in [2.75, 3.05) is 6.54 Å². The summed E-state index contributed by atoms with van der Waals surface area (Å²) in [6.45, 7) is 2.54. The Hall–Kier alpha value is -0.610. The van der Waals surface area contributed by atoms with Crippen LogP contribution in [0.25, 0.3) is 0 Å². The van der Waals surface area contributed by atoms with E-state index in [2.05, 4.69) is 12.2 Å². The van der Waals surface area contributed by atoms with E-state index in [0.29, 0.717) is 18.9 Å². The Morgan fingerprint density at radius 3 is 2.67 bits per heavy atom. The summed E-state index contributed by atoms with van der Waals surface area (Å²) in [4.78, 5) is 11.8. The van der Waals surface area contributed by atoms with Crippen molar-refractivity contribution in [3.05, 3.63) is 0 Å². The van der Waals surface area contributed by atoms with E-state index < -0.39 is 5.60 Å². The first-order valence-electron chi connectivity index (χ1n) is 7.19. The van der Waals surface area contributed by atoms with E-state index in [1.54, 1.807) is 0 Å². The lowest BCUT2D eigenvalue weighted by Crippen LogP contribution is -2.52. The molecule has 0 bridgehead atoms. The summed E-state index contributed by atoms with van der Waals surface area (Å²) in [6.07, 6.45) is 7.25. The Morgan fingerprint density at radius 2 is 2.11 bits per heavy atom. The van der Waals surface area contributed by atoms with Gasteiger partial charge in [0.05, 0.1) is 5.60 Å². The predicted octanol–water partition coefficient (Wildman–Crippen LogP) is 1.32. The van der Waals surface area contributed by atoms with Gasteiger partial charge >= 0.3 is 0 Å². The third-order valence-corrected chi connectivity index (χ3v) is 4.54. The van der Waals surface area contributed by atoms with Crippen LogP contribution in [0.5, 0.6) is 0 Å². The van der Waals surface area contributed by atoms with Gasteiger partial charge in [-0.1, -0.05) is 19.8 Å². The summed E-state index contributed by atoms with van der Waals surface area (Å²) < 4.78 is 0. The molecule has 104 valence electrons. The molecule has 2 atom stereocenters. The number of nitrogens with one attached hydrogen (secondary N) is 1. The quantitative estimate of drug-likeness (QED) is 0.708. The predicted molar refractivity (Wildman–Crippen MR) is 71.0 cm³/mol. The van der Waals surface area contributed by atoms with Gasteiger partial charge in [0.25, 0.3) is 0 Å². The largest absolute Gasteiger partial charge is 0.388 e. The van der Waals surface area contributed by atoms with E-state index >= 15 is 0 Å². The first-order chi connectivity index (χ1) is 8.41. The van der Waals surface area contributed by atoms with Gasteiger partial charge in [0.1, 0.15) is 0 Å². The maximum atomic E-state index is 11.8. The number of rotatable bonds is 4. The van der Waals surface area contributed by atoms with E-state index in [-0.39, 0.29) is 11.4 Å². The van der Waals surface area contributed by atoms with E-state index in [0.717, 1.165) is 38.5 Å². The first-order valence-corrected chi connectivity index (χ1v) is 7.19. The molecule has 4 nitrogen and oxygen atoms in total. The second-order valence-corrected chi connectivity index (χ2v) is 6.60. The Balaban J connectivity index is 1.74. The zero-order valence-corrected chi connectivity index (χ0v) is 11.4. The van der Waals surface area contributed by atoms with Gasteiger partial charge in [-0.05, 0) is 38.0 Å². The molecule has 18 heavy (non-hydrogen) atoms. The van der Waals surface area contributed by atoms with E-state index in [1.807, 2.05) is 0 Å². The molecule has 1 amide bonds. The molecule has 0 radical (unpaired) electrons. The lowest BCUT2D eigenvalue weighted by atomic mass is 9.75. The molecular weight excluding hydrogens is 228 g/mol. The third-order valence-electron chi connectivity index (χ3n) is 4.54. The van der Waals surface area contributed by atoms with Gasteiger partial charge in [0.2, 0.25) is 5.91 Å². The molecule has 2 rings (SSSR count). The molecule has 2 aliphatic rings. The van der Waals surface area contributed by atoms with E-state index in [9.17, 15) is 9.90 Å². The molecule has 0 aromatic heterocycles. The van der Waals surface area contributed by atoms with Crippen LogP contribution in [0.15, 0.2) is 0 Å². The molecule has 0 aromatic rings. The van der Waals surface area contributed by atoms with Crippen molar-refractivity contribution in [3.63, 3.8) is 0 Å². The Bertz CT molecular complexity index is 315. The van der Waals surface area contributed by atoms with Crippen molar-refractivity contribution in [1.29, 1.82) is 0 Å². The molecule has 0 spiro atoms. The van der Waals surface area contributed by atoms with Gasteiger partial charge in [-0.15, -0.1) is 0 Å². The Morgan fingerprint density at radius 1 is 1.39 bits per heavy atom. The van der Waals surface area contributed by atoms with Gasteiger partial charge in [-0.25, -0.2) is 0 Å². The fraction of sp³-hybridized carbons (Fsp3) is 0.929. The number of amides is 1. The highest BCUT2D eigenvalue weighted by atomic mass is 16.3.